The summed E-state index contributed by atoms with van der Waals surface area (Å²) in [4.78, 5) is 15.2. The van der Waals surface area contributed by atoms with Crippen LogP contribution in [0, 0.1) is 6.92 Å². The van der Waals surface area contributed by atoms with Gasteiger partial charge in [0.25, 0.3) is 0 Å². The summed E-state index contributed by atoms with van der Waals surface area (Å²) >= 11 is 0.165. The van der Waals surface area contributed by atoms with Crippen molar-refractivity contribution >= 4 is 30.3 Å². The Morgan fingerprint density at radius 1 is 1.04 bits per heavy atom. The van der Waals surface area contributed by atoms with Crippen LogP contribution < -0.4 is 9.05 Å². The molecule has 0 aliphatic heterocycles. The fourth-order valence-corrected chi connectivity index (χ4v) is 5.26. The molecule has 0 unspecified atom stereocenters. The minimum atomic E-state index is 0.165. The molecular formula is C21H25NOSe. The predicted molar refractivity (Wildman–Crippen MR) is 101 cm³/mol. The number of hydrogen-bond acceptors (Lipinski definition) is 2. The molecule has 1 aromatic carbocycles. The summed E-state index contributed by atoms with van der Waals surface area (Å²) in [5, 5.41) is 0. The third-order valence-corrected chi connectivity index (χ3v) is 7.59. The van der Waals surface area contributed by atoms with Crippen molar-refractivity contribution in [3.05, 3.63) is 52.7 Å². The quantitative estimate of drug-likeness (QED) is 0.599. The van der Waals surface area contributed by atoms with Gasteiger partial charge in [-0.25, -0.2) is 0 Å². The molecule has 1 heterocycles. The molecule has 0 bridgehead atoms. The number of fused-ring (bicyclic) bond motifs is 1. The third-order valence-electron chi connectivity index (χ3n) is 5.26. The Kier molecular flexibility index (Phi) is 4.44. The molecule has 24 heavy (non-hydrogen) atoms. The van der Waals surface area contributed by atoms with Gasteiger partial charge in [0.15, 0.2) is 0 Å². The third kappa shape index (κ3) is 3.20. The van der Waals surface area contributed by atoms with E-state index in [1.54, 1.807) is 6.20 Å². The Bertz CT molecular complexity index is 775. The van der Waals surface area contributed by atoms with E-state index in [0.29, 0.717) is 5.56 Å². The summed E-state index contributed by atoms with van der Waals surface area (Å²) in [6.07, 6.45) is 4.99. The first-order chi connectivity index (χ1) is 11.2. The number of rotatable bonds is 3. The summed E-state index contributed by atoms with van der Waals surface area (Å²) in [5.41, 5.74) is 5.51. The topological polar surface area (TPSA) is 30.0 Å². The molecule has 3 rings (SSSR count). The van der Waals surface area contributed by atoms with E-state index < -0.39 is 0 Å². The van der Waals surface area contributed by atoms with E-state index in [2.05, 4.69) is 51.7 Å². The molecule has 0 saturated carbocycles. The standard InChI is InChI=1S/C21H25NOSe/c1-14-10-16-17(21(4,5)9-8-20(16,2)3)11-18(14)24-19-7-6-15(13-23)12-22-19/h6-7,10-13H,8-9H2,1-5H3. The van der Waals surface area contributed by atoms with E-state index in [9.17, 15) is 4.79 Å². The molecule has 1 aliphatic carbocycles. The van der Waals surface area contributed by atoms with E-state index >= 15 is 0 Å². The summed E-state index contributed by atoms with van der Waals surface area (Å²) in [6.45, 7) is 11.7. The number of aldehydes is 1. The molecule has 0 N–H and O–H groups in total. The van der Waals surface area contributed by atoms with Crippen LogP contribution in [0.25, 0.3) is 0 Å². The normalized spacial score (nSPS) is 18.0. The molecule has 0 fully saturated rings. The maximum atomic E-state index is 10.8. The van der Waals surface area contributed by atoms with E-state index in [1.165, 1.54) is 34.0 Å². The van der Waals surface area contributed by atoms with Gasteiger partial charge in [0, 0.05) is 0 Å². The molecule has 1 aromatic heterocycles. The van der Waals surface area contributed by atoms with Crippen molar-refractivity contribution in [3.63, 3.8) is 0 Å². The van der Waals surface area contributed by atoms with Crippen LogP contribution in [0.5, 0.6) is 0 Å². The number of carbonyl (C=O) groups excluding carboxylic acids is 1. The zero-order valence-corrected chi connectivity index (χ0v) is 16.9. The van der Waals surface area contributed by atoms with E-state index in [-0.39, 0.29) is 25.8 Å². The van der Waals surface area contributed by atoms with Gasteiger partial charge in [-0.3, -0.25) is 0 Å². The van der Waals surface area contributed by atoms with Crippen molar-refractivity contribution < 1.29 is 4.79 Å². The van der Waals surface area contributed by atoms with E-state index in [4.69, 9.17) is 0 Å². The molecule has 0 radical (unpaired) electrons. The van der Waals surface area contributed by atoms with Crippen LogP contribution >= 0.6 is 0 Å². The van der Waals surface area contributed by atoms with Crippen molar-refractivity contribution in [2.75, 3.05) is 0 Å². The average molecular weight is 386 g/mol. The van der Waals surface area contributed by atoms with Crippen molar-refractivity contribution in [3.8, 4) is 0 Å². The van der Waals surface area contributed by atoms with Crippen molar-refractivity contribution in [2.45, 2.75) is 58.3 Å². The molecular weight excluding hydrogens is 361 g/mol. The van der Waals surface area contributed by atoms with Gasteiger partial charge in [0.1, 0.15) is 0 Å². The Morgan fingerprint density at radius 3 is 2.21 bits per heavy atom. The average Bonchev–Trinajstić information content (AvgIpc) is 2.54. The van der Waals surface area contributed by atoms with E-state index in [1.807, 2.05) is 12.1 Å². The number of nitrogens with zero attached hydrogens (tertiary/aromatic N) is 1. The molecule has 0 atom stereocenters. The number of aromatic nitrogens is 1. The number of pyridine rings is 1. The zero-order valence-electron chi connectivity index (χ0n) is 15.1. The first kappa shape index (κ1) is 17.4. The molecule has 0 amide bonds. The van der Waals surface area contributed by atoms with Gasteiger partial charge in [0.05, 0.1) is 0 Å². The van der Waals surface area contributed by atoms with Crippen molar-refractivity contribution in [2.24, 2.45) is 0 Å². The van der Waals surface area contributed by atoms with Crippen LogP contribution in [0.3, 0.4) is 0 Å². The Hall–Kier alpha value is -1.44. The maximum absolute atomic E-state index is 10.8. The summed E-state index contributed by atoms with van der Waals surface area (Å²) in [7, 11) is 0. The van der Waals surface area contributed by atoms with Gasteiger partial charge in [-0.1, -0.05) is 0 Å². The molecule has 0 saturated heterocycles. The minimum absolute atomic E-state index is 0.165. The van der Waals surface area contributed by atoms with Crippen LogP contribution in [0.4, 0.5) is 0 Å². The first-order valence-corrected chi connectivity index (χ1v) is 10.2. The van der Waals surface area contributed by atoms with Gasteiger partial charge in [-0.15, -0.1) is 0 Å². The predicted octanol–water partition coefficient (Wildman–Crippen LogP) is 3.21. The molecule has 2 aromatic rings. The summed E-state index contributed by atoms with van der Waals surface area (Å²) in [5.74, 6) is 0. The second kappa shape index (κ2) is 6.13. The van der Waals surface area contributed by atoms with Gasteiger partial charge < -0.3 is 0 Å². The van der Waals surface area contributed by atoms with Gasteiger partial charge in [0.2, 0.25) is 0 Å². The van der Waals surface area contributed by atoms with Crippen LogP contribution in [-0.2, 0) is 10.8 Å². The molecule has 3 heteroatoms. The second-order valence-electron chi connectivity index (χ2n) is 8.08. The fourth-order valence-electron chi connectivity index (χ4n) is 3.45. The van der Waals surface area contributed by atoms with E-state index in [0.717, 1.165) is 10.9 Å². The molecule has 2 nitrogen and oxygen atoms in total. The Balaban J connectivity index is 2.02. The van der Waals surface area contributed by atoms with Gasteiger partial charge >= 0.3 is 151 Å². The van der Waals surface area contributed by atoms with Crippen LogP contribution in [0.2, 0.25) is 0 Å². The number of hydrogen-bond donors (Lipinski definition) is 0. The molecule has 126 valence electrons. The molecule has 1 aliphatic rings. The monoisotopic (exact) mass is 387 g/mol. The Labute approximate surface area is 151 Å². The van der Waals surface area contributed by atoms with Gasteiger partial charge in [-0.05, 0) is 0 Å². The molecule has 0 spiro atoms. The first-order valence-electron chi connectivity index (χ1n) is 8.48. The summed E-state index contributed by atoms with van der Waals surface area (Å²) < 4.78 is 2.47. The number of benzene rings is 1. The SMILES string of the molecule is Cc1cc2c(cc1[Se]c1ccc(C=O)cn1)C(C)(C)CCC2(C)C. The second-order valence-corrected chi connectivity index (χ2v) is 10.3. The zero-order chi connectivity index (χ0) is 17.5. The van der Waals surface area contributed by atoms with Crippen molar-refractivity contribution in [1.82, 2.24) is 4.98 Å². The number of aryl methyl sites for hydroxylation is 1. The number of carbonyl (C=O) groups is 1. The fraction of sp³-hybridized carbons (Fsp3) is 0.429. The van der Waals surface area contributed by atoms with Gasteiger partial charge in [-0.2, -0.15) is 0 Å². The van der Waals surface area contributed by atoms with Crippen molar-refractivity contribution in [1.29, 1.82) is 0 Å². The van der Waals surface area contributed by atoms with Crippen LogP contribution in [0.1, 0.15) is 67.6 Å². The van der Waals surface area contributed by atoms with Crippen LogP contribution in [-0.4, -0.2) is 26.2 Å². The van der Waals surface area contributed by atoms with Crippen LogP contribution in [0.15, 0.2) is 30.5 Å². The Morgan fingerprint density at radius 2 is 1.67 bits per heavy atom. The summed E-state index contributed by atoms with van der Waals surface area (Å²) in [6, 6.07) is 8.68.